The van der Waals surface area contributed by atoms with Gasteiger partial charge in [-0.2, -0.15) is 4.68 Å². The zero-order valence-corrected chi connectivity index (χ0v) is 22.9. The number of tetrazole rings is 1. The molecule has 0 saturated carbocycles. The number of hydrogen-bond acceptors (Lipinski definition) is 7. The standard InChI is InChI=1S/C27H24ClN7O4S/c1-40(39)21-10-8-20(9-11-21)30-27(38)24(13-18-5-3-2-4-6-18)34-16-25(36)33(15-26(34)37)23-14-19(28)7-12-22(23)35-17-29-31-32-35/h2-12,14,17,24H,13,15-16H2,1H3,(H,30,38). The van der Waals surface area contributed by atoms with Crippen LogP contribution in [-0.2, 0) is 31.6 Å². The van der Waals surface area contributed by atoms with Crippen molar-refractivity contribution >= 4 is 51.5 Å². The zero-order valence-electron chi connectivity index (χ0n) is 21.3. The molecule has 3 amide bonds. The molecule has 1 aliphatic rings. The molecule has 1 fully saturated rings. The number of carbonyl (C=O) groups excluding carboxylic acids is 3. The van der Waals surface area contributed by atoms with Crippen LogP contribution in [0, 0.1) is 0 Å². The van der Waals surface area contributed by atoms with Crippen molar-refractivity contribution in [2.75, 3.05) is 29.6 Å². The van der Waals surface area contributed by atoms with Gasteiger partial charge in [0.15, 0.2) is 0 Å². The van der Waals surface area contributed by atoms with Crippen molar-refractivity contribution in [1.82, 2.24) is 25.1 Å². The molecule has 40 heavy (non-hydrogen) atoms. The number of nitrogens with one attached hydrogen (secondary N) is 1. The molecular weight excluding hydrogens is 554 g/mol. The molecule has 5 rings (SSSR count). The molecule has 3 aromatic carbocycles. The van der Waals surface area contributed by atoms with Gasteiger partial charge in [0, 0.05) is 39.1 Å². The van der Waals surface area contributed by atoms with Crippen molar-refractivity contribution in [1.29, 1.82) is 0 Å². The largest absolute Gasteiger partial charge is 0.324 e. The van der Waals surface area contributed by atoms with Crippen LogP contribution in [-0.4, -0.2) is 72.4 Å². The minimum Gasteiger partial charge on any atom is -0.324 e. The molecule has 0 bridgehead atoms. The predicted octanol–water partition coefficient (Wildman–Crippen LogP) is 2.48. The normalized spacial score (nSPS) is 15.2. The molecule has 1 N–H and O–H groups in total. The molecule has 0 radical (unpaired) electrons. The summed E-state index contributed by atoms with van der Waals surface area (Å²) in [4.78, 5) is 43.9. The van der Waals surface area contributed by atoms with Crippen molar-refractivity contribution in [3.63, 3.8) is 0 Å². The van der Waals surface area contributed by atoms with Crippen LogP contribution < -0.4 is 10.2 Å². The van der Waals surface area contributed by atoms with Gasteiger partial charge in [-0.1, -0.05) is 41.9 Å². The Balaban J connectivity index is 1.42. The Morgan fingerprint density at radius 2 is 1.75 bits per heavy atom. The SMILES string of the molecule is CS(=O)c1ccc(NC(=O)C(Cc2ccccc2)N2CC(=O)N(c3cc(Cl)ccc3-n3cnnn3)CC2=O)cc1. The molecule has 0 aliphatic carbocycles. The lowest BCUT2D eigenvalue weighted by molar-refractivity contribution is -0.143. The maximum Gasteiger partial charge on any atom is 0.247 e. The molecule has 1 aromatic heterocycles. The third kappa shape index (κ3) is 5.92. The summed E-state index contributed by atoms with van der Waals surface area (Å²) in [5.41, 5.74) is 2.16. The molecule has 0 spiro atoms. The Morgan fingerprint density at radius 1 is 1.00 bits per heavy atom. The highest BCUT2D eigenvalue weighted by Crippen LogP contribution is 2.30. The van der Waals surface area contributed by atoms with Crippen LogP contribution in [0.3, 0.4) is 0 Å². The van der Waals surface area contributed by atoms with Gasteiger partial charge in [0.25, 0.3) is 0 Å². The van der Waals surface area contributed by atoms with Crippen LogP contribution in [0.15, 0.2) is 84.0 Å². The van der Waals surface area contributed by atoms with Gasteiger partial charge in [0.2, 0.25) is 17.7 Å². The lowest BCUT2D eigenvalue weighted by atomic mass is 10.0. The van der Waals surface area contributed by atoms with E-state index in [0.717, 1.165) is 5.56 Å². The van der Waals surface area contributed by atoms with Gasteiger partial charge < -0.3 is 10.2 Å². The quantitative estimate of drug-likeness (QED) is 0.340. The van der Waals surface area contributed by atoms with Crippen molar-refractivity contribution in [3.8, 4) is 5.69 Å². The Bertz CT molecular complexity index is 1570. The average Bonchev–Trinajstić information content (AvgIpc) is 3.48. The van der Waals surface area contributed by atoms with Gasteiger partial charge in [-0.3, -0.25) is 23.5 Å². The number of carbonyl (C=O) groups is 3. The van der Waals surface area contributed by atoms with Crippen LogP contribution in [0.25, 0.3) is 5.69 Å². The summed E-state index contributed by atoms with van der Waals surface area (Å²) in [6, 6.07) is 19.8. The first kappa shape index (κ1) is 27.2. The molecule has 11 nitrogen and oxygen atoms in total. The highest BCUT2D eigenvalue weighted by molar-refractivity contribution is 7.84. The number of anilines is 2. The fourth-order valence-electron chi connectivity index (χ4n) is 4.45. The summed E-state index contributed by atoms with van der Waals surface area (Å²) in [5, 5.41) is 14.4. The van der Waals surface area contributed by atoms with E-state index in [-0.39, 0.29) is 19.5 Å². The van der Waals surface area contributed by atoms with Gasteiger partial charge >= 0.3 is 0 Å². The van der Waals surface area contributed by atoms with Crippen molar-refractivity contribution in [3.05, 3.63) is 89.7 Å². The maximum atomic E-state index is 13.6. The van der Waals surface area contributed by atoms with E-state index in [1.165, 1.54) is 20.8 Å². The van der Waals surface area contributed by atoms with Crippen LogP contribution >= 0.6 is 11.6 Å². The number of nitrogens with zero attached hydrogens (tertiary/aromatic N) is 6. The van der Waals surface area contributed by atoms with E-state index in [2.05, 4.69) is 20.8 Å². The van der Waals surface area contributed by atoms with Gasteiger partial charge in [-0.15, -0.1) is 5.10 Å². The molecule has 204 valence electrons. The van der Waals surface area contributed by atoms with Crippen molar-refractivity contribution in [2.45, 2.75) is 17.4 Å². The zero-order chi connectivity index (χ0) is 28.2. The van der Waals surface area contributed by atoms with Gasteiger partial charge in [-0.05, 0) is 58.5 Å². The molecule has 2 unspecified atom stereocenters. The van der Waals surface area contributed by atoms with Crippen LogP contribution in [0.5, 0.6) is 0 Å². The van der Waals surface area contributed by atoms with E-state index in [1.807, 2.05) is 30.3 Å². The highest BCUT2D eigenvalue weighted by atomic mass is 35.5. The molecule has 1 saturated heterocycles. The number of aromatic nitrogens is 4. The summed E-state index contributed by atoms with van der Waals surface area (Å²) in [5.74, 6) is -1.24. The van der Waals surface area contributed by atoms with E-state index in [1.54, 1.807) is 48.7 Å². The molecule has 2 atom stereocenters. The number of halogens is 1. The Hall–Kier alpha value is -4.42. The number of amides is 3. The van der Waals surface area contributed by atoms with Crippen LogP contribution in [0.1, 0.15) is 5.56 Å². The third-order valence-electron chi connectivity index (χ3n) is 6.45. The Morgan fingerprint density at radius 3 is 2.42 bits per heavy atom. The van der Waals surface area contributed by atoms with E-state index in [9.17, 15) is 18.6 Å². The maximum absolute atomic E-state index is 13.6. The minimum absolute atomic E-state index is 0.204. The van der Waals surface area contributed by atoms with Crippen molar-refractivity contribution in [2.24, 2.45) is 0 Å². The molecule has 1 aliphatic heterocycles. The van der Waals surface area contributed by atoms with Crippen molar-refractivity contribution < 1.29 is 18.6 Å². The first-order chi connectivity index (χ1) is 19.3. The second-order valence-corrected chi connectivity index (χ2v) is 10.9. The van der Waals surface area contributed by atoms with Crippen LogP contribution in [0.2, 0.25) is 5.02 Å². The molecule has 4 aromatic rings. The van der Waals surface area contributed by atoms with Gasteiger partial charge in [0.05, 0.1) is 11.4 Å². The fraction of sp³-hybridized carbons (Fsp3) is 0.185. The summed E-state index contributed by atoms with van der Waals surface area (Å²) in [6.45, 7) is -0.622. The summed E-state index contributed by atoms with van der Waals surface area (Å²) in [7, 11) is -1.16. The fourth-order valence-corrected chi connectivity index (χ4v) is 5.14. The smallest absolute Gasteiger partial charge is 0.247 e. The average molecular weight is 578 g/mol. The molecule has 13 heteroatoms. The number of piperazine rings is 1. The summed E-state index contributed by atoms with van der Waals surface area (Å²) >= 11 is 6.23. The van der Waals surface area contributed by atoms with Gasteiger partial charge in [0.1, 0.15) is 25.5 Å². The molecule has 2 heterocycles. The monoisotopic (exact) mass is 577 g/mol. The highest BCUT2D eigenvalue weighted by Gasteiger charge is 2.39. The first-order valence-electron chi connectivity index (χ1n) is 12.2. The Labute approximate surface area is 237 Å². The second-order valence-electron chi connectivity index (χ2n) is 9.06. The summed E-state index contributed by atoms with van der Waals surface area (Å²) in [6.07, 6.45) is 3.15. The summed E-state index contributed by atoms with van der Waals surface area (Å²) < 4.78 is 13.1. The van der Waals surface area contributed by atoms with E-state index in [0.29, 0.717) is 27.0 Å². The number of benzene rings is 3. The first-order valence-corrected chi connectivity index (χ1v) is 14.1. The van der Waals surface area contributed by atoms with E-state index < -0.39 is 34.6 Å². The lowest BCUT2D eigenvalue weighted by Gasteiger charge is -2.38. The second kappa shape index (κ2) is 11.8. The minimum atomic E-state index is -1.16. The lowest BCUT2D eigenvalue weighted by Crippen LogP contribution is -2.60. The topological polar surface area (TPSA) is 130 Å². The van der Waals surface area contributed by atoms with Gasteiger partial charge in [-0.25, -0.2) is 0 Å². The van der Waals surface area contributed by atoms with E-state index in [4.69, 9.17) is 11.6 Å². The van der Waals surface area contributed by atoms with Crippen LogP contribution in [0.4, 0.5) is 11.4 Å². The van der Waals surface area contributed by atoms with E-state index >= 15 is 0 Å². The molecular formula is C27H24ClN7O4S. The Kier molecular flexibility index (Phi) is 7.99. The predicted molar refractivity (Wildman–Crippen MR) is 150 cm³/mol. The number of hydrogen-bond donors (Lipinski definition) is 1. The number of rotatable bonds is 8. The third-order valence-corrected chi connectivity index (χ3v) is 7.62.